The summed E-state index contributed by atoms with van der Waals surface area (Å²) in [6.07, 6.45) is 0. The Balaban J connectivity index is 2.81. The third-order valence-corrected chi connectivity index (χ3v) is 2.81. The number of halogens is 1. The Kier molecular flexibility index (Phi) is 4.58. The fourth-order valence-corrected chi connectivity index (χ4v) is 2.03. The number of nitrogens with two attached hydrogens (primary N) is 1. The highest BCUT2D eigenvalue weighted by atomic mass is 32.2. The molecule has 0 unspecified atom stereocenters. The van der Waals surface area contributed by atoms with Crippen LogP contribution in [0.1, 0.15) is 5.56 Å². The van der Waals surface area contributed by atoms with Crippen LogP contribution in [0.3, 0.4) is 0 Å². The Morgan fingerprint density at radius 3 is 2.93 bits per heavy atom. The normalized spacial score (nSPS) is 10.3. The van der Waals surface area contributed by atoms with Gasteiger partial charge in [0.05, 0.1) is 6.61 Å². The Morgan fingerprint density at radius 2 is 2.33 bits per heavy atom. The molecule has 3 nitrogen and oxygen atoms in total. The zero-order valence-electron chi connectivity index (χ0n) is 8.42. The highest BCUT2D eigenvalue weighted by molar-refractivity contribution is 7.99. The van der Waals surface area contributed by atoms with Crippen molar-refractivity contribution in [3.63, 3.8) is 0 Å². The first-order chi connectivity index (χ1) is 7.15. The zero-order chi connectivity index (χ0) is 11.3. The molecule has 15 heavy (non-hydrogen) atoms. The molecule has 1 rings (SSSR count). The monoisotopic (exact) mass is 228 g/mol. The minimum absolute atomic E-state index is 0.116. The lowest BCUT2D eigenvalue weighted by molar-refractivity contribution is 0.218. The molecule has 0 aromatic heterocycles. The molecule has 0 saturated carbocycles. The largest absolute Gasteiger partial charge is 0.384 e. The molecular weight excluding hydrogens is 215 g/mol. The van der Waals surface area contributed by atoms with E-state index in [1.54, 1.807) is 13.2 Å². The number of nitrogens with one attached hydrogen (secondary N) is 1. The minimum atomic E-state index is -0.378. The van der Waals surface area contributed by atoms with E-state index < -0.39 is 0 Å². The minimum Gasteiger partial charge on any atom is -0.384 e. The van der Waals surface area contributed by atoms with E-state index in [2.05, 4.69) is 0 Å². The maximum Gasteiger partial charge on any atom is 0.124 e. The van der Waals surface area contributed by atoms with Crippen LogP contribution in [0.2, 0.25) is 0 Å². The molecular formula is C10H13FN2OS. The maximum atomic E-state index is 12.9. The van der Waals surface area contributed by atoms with Crippen LogP contribution in [0, 0.1) is 11.2 Å². The van der Waals surface area contributed by atoms with Gasteiger partial charge in [0.25, 0.3) is 0 Å². The van der Waals surface area contributed by atoms with Crippen LogP contribution in [-0.4, -0.2) is 25.3 Å². The lowest BCUT2D eigenvalue weighted by atomic mass is 10.2. The summed E-state index contributed by atoms with van der Waals surface area (Å²) in [5, 5.41) is 7.32. The van der Waals surface area contributed by atoms with Gasteiger partial charge in [-0.3, -0.25) is 5.41 Å². The second-order valence-corrected chi connectivity index (χ2v) is 4.03. The Hall–Kier alpha value is -1.07. The van der Waals surface area contributed by atoms with E-state index in [4.69, 9.17) is 15.9 Å². The summed E-state index contributed by atoms with van der Waals surface area (Å²) in [5.41, 5.74) is 5.80. The van der Waals surface area contributed by atoms with Gasteiger partial charge in [-0.1, -0.05) is 0 Å². The van der Waals surface area contributed by atoms with Crippen LogP contribution >= 0.6 is 11.8 Å². The molecule has 0 spiro atoms. The first kappa shape index (κ1) is 12.0. The van der Waals surface area contributed by atoms with E-state index in [1.807, 2.05) is 0 Å². The van der Waals surface area contributed by atoms with Gasteiger partial charge in [-0.05, 0) is 18.2 Å². The lowest BCUT2D eigenvalue weighted by Gasteiger charge is -2.07. The van der Waals surface area contributed by atoms with Crippen molar-refractivity contribution in [3.8, 4) is 0 Å². The molecule has 0 bridgehead atoms. The molecule has 0 fully saturated rings. The molecule has 82 valence electrons. The van der Waals surface area contributed by atoms with Crippen LogP contribution in [0.25, 0.3) is 0 Å². The average molecular weight is 228 g/mol. The van der Waals surface area contributed by atoms with Gasteiger partial charge in [0.2, 0.25) is 0 Å². The van der Waals surface area contributed by atoms with E-state index in [1.165, 1.54) is 23.9 Å². The molecule has 1 aromatic carbocycles. The highest BCUT2D eigenvalue weighted by Gasteiger charge is 2.07. The first-order valence-electron chi connectivity index (χ1n) is 4.41. The van der Waals surface area contributed by atoms with Crippen molar-refractivity contribution in [1.29, 1.82) is 5.41 Å². The van der Waals surface area contributed by atoms with E-state index in [9.17, 15) is 4.39 Å². The predicted molar refractivity (Wildman–Crippen MR) is 60.0 cm³/mol. The topological polar surface area (TPSA) is 59.1 Å². The second kappa shape index (κ2) is 5.72. The molecule has 0 atom stereocenters. The van der Waals surface area contributed by atoms with Crippen molar-refractivity contribution >= 4 is 17.6 Å². The van der Waals surface area contributed by atoms with Gasteiger partial charge in [-0.2, -0.15) is 0 Å². The Labute approximate surface area is 92.3 Å². The second-order valence-electron chi connectivity index (χ2n) is 2.90. The zero-order valence-corrected chi connectivity index (χ0v) is 9.23. The fraction of sp³-hybridized carbons (Fsp3) is 0.300. The van der Waals surface area contributed by atoms with Gasteiger partial charge in [-0.15, -0.1) is 11.8 Å². The summed E-state index contributed by atoms with van der Waals surface area (Å²) < 4.78 is 17.8. The van der Waals surface area contributed by atoms with Gasteiger partial charge in [0.1, 0.15) is 11.7 Å². The van der Waals surface area contributed by atoms with Crippen LogP contribution in [-0.2, 0) is 4.74 Å². The molecule has 0 aliphatic rings. The number of benzene rings is 1. The van der Waals surface area contributed by atoms with E-state index >= 15 is 0 Å². The van der Waals surface area contributed by atoms with Crippen molar-refractivity contribution in [2.75, 3.05) is 19.5 Å². The molecule has 0 aliphatic heterocycles. The third-order valence-electron chi connectivity index (χ3n) is 1.78. The van der Waals surface area contributed by atoms with Crippen molar-refractivity contribution in [2.45, 2.75) is 4.90 Å². The van der Waals surface area contributed by atoms with Gasteiger partial charge < -0.3 is 10.5 Å². The van der Waals surface area contributed by atoms with Crippen molar-refractivity contribution < 1.29 is 9.13 Å². The number of hydrogen-bond donors (Lipinski definition) is 2. The third kappa shape index (κ3) is 3.53. The quantitative estimate of drug-likeness (QED) is 0.350. The van der Waals surface area contributed by atoms with Crippen LogP contribution < -0.4 is 5.73 Å². The number of rotatable bonds is 5. The molecule has 0 radical (unpaired) electrons. The first-order valence-corrected chi connectivity index (χ1v) is 5.39. The summed E-state index contributed by atoms with van der Waals surface area (Å²) in [6.45, 7) is 0.611. The van der Waals surface area contributed by atoms with E-state index in [-0.39, 0.29) is 11.7 Å². The number of thioether (sulfide) groups is 1. The van der Waals surface area contributed by atoms with Crippen LogP contribution in [0.4, 0.5) is 4.39 Å². The lowest BCUT2D eigenvalue weighted by Crippen LogP contribution is -2.12. The highest BCUT2D eigenvalue weighted by Crippen LogP contribution is 2.23. The molecule has 3 N–H and O–H groups in total. The van der Waals surface area contributed by atoms with Crippen LogP contribution in [0.15, 0.2) is 23.1 Å². The van der Waals surface area contributed by atoms with Gasteiger partial charge in [0, 0.05) is 23.3 Å². The van der Waals surface area contributed by atoms with E-state index in [0.717, 1.165) is 10.6 Å². The molecule has 1 aromatic rings. The molecule has 0 saturated heterocycles. The molecule has 5 heteroatoms. The fourth-order valence-electron chi connectivity index (χ4n) is 1.07. The van der Waals surface area contributed by atoms with Crippen molar-refractivity contribution in [3.05, 3.63) is 29.6 Å². The van der Waals surface area contributed by atoms with E-state index in [0.29, 0.717) is 12.2 Å². The Bertz CT molecular complexity index is 357. The smallest absolute Gasteiger partial charge is 0.124 e. The standard InChI is InChI=1S/C10H13FN2OS/c1-14-4-5-15-9-3-2-7(11)6-8(9)10(12)13/h2-3,6H,4-5H2,1H3,(H3,12,13). The average Bonchev–Trinajstić information content (AvgIpc) is 2.20. The summed E-state index contributed by atoms with van der Waals surface area (Å²) in [4.78, 5) is 0.806. The van der Waals surface area contributed by atoms with Crippen LogP contribution in [0.5, 0.6) is 0 Å². The number of hydrogen-bond acceptors (Lipinski definition) is 3. The van der Waals surface area contributed by atoms with Crippen molar-refractivity contribution in [1.82, 2.24) is 0 Å². The number of methoxy groups -OCH3 is 1. The summed E-state index contributed by atoms with van der Waals surface area (Å²) >= 11 is 1.50. The summed E-state index contributed by atoms with van der Waals surface area (Å²) in [7, 11) is 1.62. The maximum absolute atomic E-state index is 12.9. The Morgan fingerprint density at radius 1 is 1.60 bits per heavy atom. The number of nitrogen functional groups attached to an aromatic ring is 1. The van der Waals surface area contributed by atoms with Crippen molar-refractivity contribution in [2.24, 2.45) is 5.73 Å². The van der Waals surface area contributed by atoms with Gasteiger partial charge >= 0.3 is 0 Å². The molecule has 0 aliphatic carbocycles. The van der Waals surface area contributed by atoms with Gasteiger partial charge in [-0.25, -0.2) is 4.39 Å². The molecule has 0 heterocycles. The SMILES string of the molecule is COCCSc1ccc(F)cc1C(=N)N. The number of amidine groups is 1. The predicted octanol–water partition coefficient (Wildman–Crippen LogP) is 1.85. The summed E-state index contributed by atoms with van der Waals surface area (Å²) in [5.74, 6) is 0.258. The van der Waals surface area contributed by atoms with Gasteiger partial charge in [0.15, 0.2) is 0 Å². The summed E-state index contributed by atoms with van der Waals surface area (Å²) in [6, 6.07) is 4.27. The number of ether oxygens (including phenoxy) is 1. The molecule has 0 amide bonds.